The lowest BCUT2D eigenvalue weighted by Gasteiger charge is -2.39. The Labute approximate surface area is 914 Å². The topological polar surface area (TPSA) is 112 Å². The van der Waals surface area contributed by atoms with Crippen LogP contribution in [0.15, 0.2) is 249 Å². The first-order valence-corrected chi connectivity index (χ1v) is 57.7. The third kappa shape index (κ3) is 46.0. The summed E-state index contributed by atoms with van der Waals surface area (Å²) < 4.78 is 2.30. The minimum atomic E-state index is 0.200. The van der Waals surface area contributed by atoms with Gasteiger partial charge in [0, 0.05) is 150 Å². The number of hydrogen-bond donors (Lipinski definition) is 14. The molecule has 13 aliphatic rings. The van der Waals surface area contributed by atoms with E-state index >= 15 is 0 Å². The van der Waals surface area contributed by atoms with Crippen molar-refractivity contribution in [2.24, 2.45) is 5.92 Å². The van der Waals surface area contributed by atoms with E-state index in [4.69, 9.17) is 5.11 Å². The van der Waals surface area contributed by atoms with Gasteiger partial charge in [-0.2, -0.15) is 82.1 Å². The fourth-order valence-electron chi connectivity index (χ4n) is 22.3. The van der Waals surface area contributed by atoms with Gasteiger partial charge in [-0.1, -0.05) is 243 Å². The molecule has 0 amide bonds. The number of aryl methyl sites for hydroxylation is 2. The van der Waals surface area contributed by atoms with Crippen LogP contribution in [0.1, 0.15) is 166 Å². The molecule has 2 spiro atoms. The SMILES string of the molecule is C=C1CC[C@@H](C)C1.[CH2-][NH+](CCCN(C)C)CCCN(C)C.[CH2-][NH+](CCO)Cc1ccccc1.[CH2-][NH+]1CC=C(c2ccccc2)CC1.[CH2-][NH+]1CC=[N+](c2ccccc2)CC1.[CH2-][NH+]1CCC(N2CCCCC2)CC1.[CH2-][NH+]1CCC2(C=Cc3ccccc32)CC1.[CH2-][NH+]1CCC2(CCc3ccccc32)CC1.[CH2-][NH+]1CCN(C(c2ccccc2)c2ccccc2)CC1.[CH2-][NH+]1CCN(c2ccc(C)cc2)CC1.[CH2-][NH+]1CCNCC1.[CH2-][NH+]1CCNCC1. The van der Waals surface area contributed by atoms with Crippen LogP contribution in [0.4, 0.5) is 11.4 Å². The highest BCUT2D eigenvalue weighted by Gasteiger charge is 2.42. The number of hydrogen-bond acceptors (Lipinski definition) is 8. The molecule has 1 saturated carbocycles. The van der Waals surface area contributed by atoms with Crippen LogP contribution in [0, 0.1) is 90.4 Å². The van der Waals surface area contributed by atoms with Crippen LogP contribution in [0.25, 0.3) is 11.6 Å². The predicted octanol–water partition coefficient (Wildman–Crippen LogP) is 4.89. The number of allylic oxidation sites excluding steroid dienone is 2. The van der Waals surface area contributed by atoms with E-state index in [2.05, 4.69) is 390 Å². The molecule has 826 valence electrons. The number of nitrogens with one attached hydrogen (secondary N) is 13. The van der Waals surface area contributed by atoms with E-state index in [9.17, 15) is 0 Å². The second-order valence-corrected chi connectivity index (χ2v) is 45.2. The molecule has 8 aromatic rings. The molecule has 8 aromatic carbocycles. The van der Waals surface area contributed by atoms with E-state index in [0.717, 1.165) is 141 Å². The lowest BCUT2D eigenvalue weighted by atomic mass is 9.74. The van der Waals surface area contributed by atoms with Crippen molar-refractivity contribution in [1.29, 1.82) is 0 Å². The quantitative estimate of drug-likeness (QED) is 0.0316. The molecule has 20 nitrogen and oxygen atoms in total. The molecule has 20 heteroatoms. The molecular weight excluding hydrogens is 1840 g/mol. The molecule has 3 unspecified atom stereocenters. The smallest absolute Gasteiger partial charge is 0.205 e. The Balaban J connectivity index is 0.000000169. The molecule has 0 bridgehead atoms. The Bertz CT molecular complexity index is 4790. The van der Waals surface area contributed by atoms with Crippen molar-refractivity contribution in [1.82, 2.24) is 30.2 Å². The normalized spacial score (nSPS) is 24.0. The molecule has 4 atom stereocenters. The Morgan fingerprint density at radius 2 is 0.940 bits per heavy atom. The molecule has 0 aromatic heterocycles. The van der Waals surface area contributed by atoms with Gasteiger partial charge in [-0.15, -0.1) is 0 Å². The van der Waals surface area contributed by atoms with Crippen LogP contribution >= 0.6 is 0 Å². The molecule has 14 N–H and O–H groups in total. The van der Waals surface area contributed by atoms with Crippen LogP contribution in [-0.2, 0) is 23.8 Å². The maximum Gasteiger partial charge on any atom is 0.205 e. The number of likely N-dealkylation sites (tertiary alicyclic amines) is 4. The van der Waals surface area contributed by atoms with Crippen molar-refractivity contribution in [2.75, 3.05) is 262 Å². The Kier molecular flexibility index (Phi) is 57.3. The average molecular weight is 2050 g/mol. The zero-order valence-corrected chi connectivity index (χ0v) is 94.5. The highest BCUT2D eigenvalue weighted by molar-refractivity contribution is 5.66. The van der Waals surface area contributed by atoms with Gasteiger partial charge >= 0.3 is 0 Å². The van der Waals surface area contributed by atoms with E-state index in [0.29, 0.717) is 23.4 Å². The maximum absolute atomic E-state index is 8.65. The number of anilines is 1. The van der Waals surface area contributed by atoms with Gasteiger partial charge in [-0.25, -0.2) is 0 Å². The monoisotopic (exact) mass is 2050 g/mol. The van der Waals surface area contributed by atoms with Gasteiger partial charge in [0.25, 0.3) is 0 Å². The summed E-state index contributed by atoms with van der Waals surface area (Å²) in [6, 6.07) is 80.8. The number of rotatable bonds is 19. The zero-order chi connectivity index (χ0) is 107. The number of quaternary nitrogens is 11. The van der Waals surface area contributed by atoms with Crippen molar-refractivity contribution in [3.63, 3.8) is 0 Å². The number of benzene rings is 8. The summed E-state index contributed by atoms with van der Waals surface area (Å²) in [5.74, 6) is 0.924. The van der Waals surface area contributed by atoms with Crippen molar-refractivity contribution < 1.29 is 63.6 Å². The molecule has 0 radical (unpaired) electrons. The number of para-hydroxylation sites is 1. The second kappa shape index (κ2) is 69.6. The molecule has 150 heavy (non-hydrogen) atoms. The molecular formula is C130H206N19O+. The standard InChI is InChI=1S/C18H22N2.C14H19N.C14H17N.C12H18N2.C12H15N.C11H27N3.C11H22N2.C11H15N2.C10H15NO.C7H12.2C5H12N2/c1-19-12-14-20(15-13-19)18(16-8-4-2-5-9-16)17-10-6-3-7-11-17;2*1-15-10-8-14(9-11-15)7-6-12-4-2-3-5-13(12)14;1-11-3-5-12(6-4-11)14-9-7-13(2)8-10-14;1-13-9-7-12(8-10-13)11-5-3-2-4-6-11;1-12(2)8-6-10-14(5)11-7-9-13(3)4;1-12-9-5-11(6-10-12)13-7-3-2-4-8-13;1-12-7-9-13(10-8-12)11-5-3-2-4-6-11;1-11(7-8-12)9-10-5-3-2-4-6-10;1-6-3-4-7(2)5-6;2*1-7-4-2-6-3-5-7/h2-11,18-19H,1,12-15H2;2-5,15H,1,6-11H2;2-7,15H,1,8-11H2;3-6,13H,2,7-10H2,1H3;2-7,13H,1,8-10H2;14H,5-11H2,1-4H3;11-12H,1-10H2;2-6,9,12H,1,7-8,10H2;2-6,11-12H,1,7-9H2;7H,1,3-5H2,2H3;2*6-7H,1-5H2/q;;;;;;;+1;;;;/t;;;;;;;;;7-;;/m.........1../s1. The van der Waals surface area contributed by atoms with Gasteiger partial charge in [0.1, 0.15) is 13.1 Å². The molecule has 21 rings (SSSR count). The predicted molar refractivity (Wildman–Crippen MR) is 630 cm³/mol. The number of aliphatic hydroxyl groups is 1. The highest BCUT2D eigenvalue weighted by Crippen LogP contribution is 2.45. The third-order valence-electron chi connectivity index (χ3n) is 32.1. The minimum absolute atomic E-state index is 0.200. The lowest BCUT2D eigenvalue weighted by Crippen LogP contribution is -3.10. The van der Waals surface area contributed by atoms with Gasteiger partial charge in [0.05, 0.1) is 157 Å². The number of fused-ring (bicyclic) bond motifs is 4. The zero-order valence-electron chi connectivity index (χ0n) is 94.5. The van der Waals surface area contributed by atoms with E-state index in [1.807, 2.05) is 24.3 Å². The molecule has 9 fully saturated rings. The van der Waals surface area contributed by atoms with Gasteiger partial charge in [-0.05, 0) is 162 Å². The number of piperazine rings is 4. The summed E-state index contributed by atoms with van der Waals surface area (Å²) in [6.07, 6.45) is 31.7. The first-order valence-electron chi connectivity index (χ1n) is 57.7. The Hall–Kier alpha value is -8.27. The van der Waals surface area contributed by atoms with Gasteiger partial charge in [0.15, 0.2) is 12.8 Å². The first kappa shape index (κ1) is 124. The molecule has 10 aliphatic heterocycles. The first-order chi connectivity index (χ1) is 72.7. The maximum atomic E-state index is 8.65. The van der Waals surface area contributed by atoms with Crippen LogP contribution < -0.4 is 69.4 Å². The average Bonchev–Trinajstić information content (AvgIpc) is 1.62. The number of piperidine rings is 4. The Morgan fingerprint density at radius 3 is 1.43 bits per heavy atom. The van der Waals surface area contributed by atoms with Crippen LogP contribution in [-0.4, -0.2) is 299 Å². The van der Waals surface area contributed by atoms with Crippen molar-refractivity contribution >= 4 is 29.2 Å². The summed E-state index contributed by atoms with van der Waals surface area (Å²) in [7, 11) is 52.7. The fourth-order valence-corrected chi connectivity index (χ4v) is 22.3. The molecule has 3 aliphatic carbocycles. The largest absolute Gasteiger partial charge is 0.468 e. The van der Waals surface area contributed by atoms with Crippen molar-refractivity contribution in [2.45, 2.75) is 152 Å². The highest BCUT2D eigenvalue weighted by atomic mass is 16.3. The summed E-state index contributed by atoms with van der Waals surface area (Å²) in [5.41, 5.74) is 19.4. The van der Waals surface area contributed by atoms with Crippen LogP contribution in [0.2, 0.25) is 0 Å². The number of aliphatic hydroxyl groups excluding tert-OH is 1. The molecule has 10 heterocycles. The summed E-state index contributed by atoms with van der Waals surface area (Å²) in [6.45, 7) is 48.7. The van der Waals surface area contributed by atoms with E-state index in [-0.39, 0.29) is 6.61 Å². The van der Waals surface area contributed by atoms with Crippen molar-refractivity contribution in [3.05, 3.63) is 376 Å². The minimum Gasteiger partial charge on any atom is -0.468 e. The summed E-state index contributed by atoms with van der Waals surface area (Å²) in [4.78, 5) is 27.4. The van der Waals surface area contributed by atoms with Gasteiger partial charge in [0.2, 0.25) is 5.69 Å². The van der Waals surface area contributed by atoms with Crippen LogP contribution in [0.3, 0.4) is 0 Å². The fraction of sp³-hybridized carbons (Fsp3) is 0.492. The van der Waals surface area contributed by atoms with Gasteiger partial charge in [-0.3, -0.25) is 9.80 Å². The molecule has 8 saturated heterocycles. The van der Waals surface area contributed by atoms with E-state index in [1.54, 1.807) is 11.1 Å². The lowest BCUT2D eigenvalue weighted by molar-refractivity contribution is -0.868. The second-order valence-electron chi connectivity index (χ2n) is 45.2. The third-order valence-corrected chi connectivity index (χ3v) is 32.1. The van der Waals surface area contributed by atoms with E-state index in [1.165, 1.54) is 318 Å². The van der Waals surface area contributed by atoms with E-state index < -0.39 is 0 Å². The summed E-state index contributed by atoms with van der Waals surface area (Å²) >= 11 is 0. The van der Waals surface area contributed by atoms with Gasteiger partial charge < -0.3 is 84.3 Å². The van der Waals surface area contributed by atoms with Crippen LogP contribution in [0.5, 0.6) is 0 Å². The van der Waals surface area contributed by atoms with Crippen molar-refractivity contribution in [3.8, 4) is 0 Å². The Morgan fingerprint density at radius 1 is 0.460 bits per heavy atom. The number of nitrogens with zero attached hydrogens (tertiary/aromatic N) is 6. The summed E-state index contributed by atoms with van der Waals surface area (Å²) in [5, 5.41) is 15.2.